The van der Waals surface area contributed by atoms with E-state index < -0.39 is 11.8 Å². The molecule has 0 saturated heterocycles. The lowest BCUT2D eigenvalue weighted by molar-refractivity contribution is -0.140. The largest absolute Gasteiger partial charge is 0.474 e. The summed E-state index contributed by atoms with van der Waals surface area (Å²) in [4.78, 5) is 11.5. The van der Waals surface area contributed by atoms with E-state index in [1.165, 1.54) is 6.92 Å². The molecular formula is C17H21NO3S. The van der Waals surface area contributed by atoms with Crippen molar-refractivity contribution >= 4 is 23.2 Å². The van der Waals surface area contributed by atoms with Gasteiger partial charge in [-0.15, -0.1) is 0 Å². The van der Waals surface area contributed by atoms with Crippen molar-refractivity contribution in [3.63, 3.8) is 0 Å². The van der Waals surface area contributed by atoms with Crippen LogP contribution in [0.15, 0.2) is 30.3 Å². The summed E-state index contributed by atoms with van der Waals surface area (Å²) in [5.74, 6) is 0.203. The van der Waals surface area contributed by atoms with E-state index in [2.05, 4.69) is 5.32 Å². The molecule has 4 atom stereocenters. The number of carbonyl (C=O) groups is 1. The second-order valence-corrected chi connectivity index (χ2v) is 6.67. The monoisotopic (exact) mass is 319 g/mol. The van der Waals surface area contributed by atoms with E-state index in [1.54, 1.807) is 0 Å². The predicted octanol–water partition coefficient (Wildman–Crippen LogP) is 2.39. The molecule has 2 fully saturated rings. The maximum atomic E-state index is 11.5. The van der Waals surface area contributed by atoms with Crippen LogP contribution in [0.4, 0.5) is 0 Å². The summed E-state index contributed by atoms with van der Waals surface area (Å²) in [5, 5.41) is 14.2. The molecule has 0 aliphatic heterocycles. The van der Waals surface area contributed by atoms with Crippen molar-refractivity contribution in [2.75, 3.05) is 0 Å². The maximum Gasteiger partial charge on any atom is 0.219 e. The van der Waals surface area contributed by atoms with Crippen molar-refractivity contribution in [1.29, 1.82) is 0 Å². The van der Waals surface area contributed by atoms with E-state index in [0.717, 1.165) is 31.2 Å². The molecule has 0 spiro atoms. The summed E-state index contributed by atoms with van der Waals surface area (Å²) in [6.07, 6.45) is 3.32. The fourth-order valence-electron chi connectivity index (χ4n) is 3.96. The molecule has 118 valence electrons. The highest BCUT2D eigenvalue weighted by atomic mass is 32.1. The number of rotatable bonds is 3. The van der Waals surface area contributed by atoms with Crippen molar-refractivity contribution in [1.82, 2.24) is 5.32 Å². The normalized spacial score (nSPS) is 33.3. The van der Waals surface area contributed by atoms with Gasteiger partial charge in [0.2, 0.25) is 5.91 Å². The molecule has 2 aliphatic rings. The van der Waals surface area contributed by atoms with E-state index in [-0.39, 0.29) is 11.8 Å². The zero-order chi connectivity index (χ0) is 15.7. The summed E-state index contributed by atoms with van der Waals surface area (Å²) < 4.78 is 5.92. The molecule has 2 aliphatic carbocycles. The molecule has 2 saturated carbocycles. The van der Waals surface area contributed by atoms with Gasteiger partial charge in [-0.1, -0.05) is 36.8 Å². The number of amides is 1. The third-order valence-electron chi connectivity index (χ3n) is 4.87. The Kier molecular flexibility index (Phi) is 4.19. The molecule has 4 nitrogen and oxygen atoms in total. The van der Waals surface area contributed by atoms with Gasteiger partial charge in [0.15, 0.2) is 10.8 Å². The van der Waals surface area contributed by atoms with Gasteiger partial charge in [0.25, 0.3) is 0 Å². The van der Waals surface area contributed by atoms with Gasteiger partial charge in [0, 0.05) is 18.4 Å². The van der Waals surface area contributed by atoms with Gasteiger partial charge < -0.3 is 15.2 Å². The molecule has 1 aromatic rings. The fourth-order valence-corrected chi connectivity index (χ4v) is 4.21. The minimum atomic E-state index is -1.31. The average Bonchev–Trinajstić information content (AvgIpc) is 3.03. The first kappa shape index (κ1) is 15.4. The SMILES string of the molecule is CC(=O)N[C@@]1(O)C(OC(=S)c2ccccc2)CC2CCCC21. The molecule has 5 heteroatoms. The molecule has 3 rings (SSSR count). The minimum Gasteiger partial charge on any atom is -0.474 e. The lowest BCUT2D eigenvalue weighted by atomic mass is 9.94. The van der Waals surface area contributed by atoms with E-state index in [0.29, 0.717) is 11.0 Å². The Balaban J connectivity index is 1.79. The van der Waals surface area contributed by atoms with E-state index in [1.807, 2.05) is 30.3 Å². The van der Waals surface area contributed by atoms with Crippen LogP contribution in [-0.4, -0.2) is 27.9 Å². The molecule has 0 heterocycles. The first-order chi connectivity index (χ1) is 10.5. The molecule has 0 aromatic heterocycles. The van der Waals surface area contributed by atoms with E-state index in [9.17, 15) is 9.90 Å². The van der Waals surface area contributed by atoms with Gasteiger partial charge in [0.05, 0.1) is 0 Å². The lowest BCUT2D eigenvalue weighted by Gasteiger charge is -2.35. The standard InChI is InChI=1S/C17H21NO3S/c1-11(19)18-17(20)14-9-5-8-13(14)10-15(17)21-16(22)12-6-3-2-4-7-12/h2-4,6-7,13-15,20H,5,8-10H2,1H3,(H,18,19)/t13?,14?,15?,17-/m0/s1. The van der Waals surface area contributed by atoms with Crippen LogP contribution in [0, 0.1) is 11.8 Å². The third kappa shape index (κ3) is 2.75. The van der Waals surface area contributed by atoms with Crippen LogP contribution in [-0.2, 0) is 9.53 Å². The second-order valence-electron chi connectivity index (χ2n) is 6.30. The molecule has 0 bridgehead atoms. The van der Waals surface area contributed by atoms with Crippen molar-refractivity contribution in [2.24, 2.45) is 11.8 Å². The Labute approximate surface area is 135 Å². The van der Waals surface area contributed by atoms with Gasteiger partial charge in [-0.2, -0.15) is 0 Å². The summed E-state index contributed by atoms with van der Waals surface area (Å²) in [6, 6.07) is 9.48. The second kappa shape index (κ2) is 5.97. The Bertz CT molecular complexity index is 577. The molecule has 3 unspecified atom stereocenters. The number of fused-ring (bicyclic) bond motifs is 1. The number of nitrogens with one attached hydrogen (secondary N) is 1. The summed E-state index contributed by atoms with van der Waals surface area (Å²) in [7, 11) is 0. The van der Waals surface area contributed by atoms with Gasteiger partial charge in [-0.3, -0.25) is 4.79 Å². The van der Waals surface area contributed by atoms with Crippen molar-refractivity contribution in [2.45, 2.75) is 44.4 Å². The Morgan fingerprint density at radius 1 is 1.36 bits per heavy atom. The zero-order valence-electron chi connectivity index (χ0n) is 12.6. The van der Waals surface area contributed by atoms with Crippen LogP contribution in [0.2, 0.25) is 0 Å². The van der Waals surface area contributed by atoms with Gasteiger partial charge in [-0.25, -0.2) is 0 Å². The Hall–Kier alpha value is -1.46. The Morgan fingerprint density at radius 3 is 2.77 bits per heavy atom. The number of hydrogen-bond acceptors (Lipinski definition) is 4. The highest BCUT2D eigenvalue weighted by Crippen LogP contribution is 2.50. The highest BCUT2D eigenvalue weighted by molar-refractivity contribution is 7.80. The first-order valence-corrected chi connectivity index (χ1v) is 8.18. The number of benzene rings is 1. The van der Waals surface area contributed by atoms with Crippen LogP contribution in [0.3, 0.4) is 0 Å². The van der Waals surface area contributed by atoms with Gasteiger partial charge in [-0.05, 0) is 37.4 Å². The van der Waals surface area contributed by atoms with Crippen LogP contribution in [0.5, 0.6) is 0 Å². The number of aliphatic hydroxyl groups is 1. The Morgan fingerprint density at radius 2 is 2.09 bits per heavy atom. The molecular weight excluding hydrogens is 298 g/mol. The molecule has 2 N–H and O–H groups in total. The fraction of sp³-hybridized carbons (Fsp3) is 0.529. The molecule has 1 aromatic carbocycles. The number of hydrogen-bond donors (Lipinski definition) is 2. The molecule has 1 amide bonds. The summed E-state index contributed by atoms with van der Waals surface area (Å²) >= 11 is 5.36. The summed E-state index contributed by atoms with van der Waals surface area (Å²) in [5.41, 5.74) is -0.494. The number of thiocarbonyl (C=S) groups is 1. The third-order valence-corrected chi connectivity index (χ3v) is 5.20. The topological polar surface area (TPSA) is 58.6 Å². The first-order valence-electron chi connectivity index (χ1n) is 7.78. The molecule has 0 radical (unpaired) electrons. The minimum absolute atomic E-state index is 0.0555. The summed E-state index contributed by atoms with van der Waals surface area (Å²) in [6.45, 7) is 1.42. The van der Waals surface area contributed by atoms with Crippen LogP contribution < -0.4 is 5.32 Å². The van der Waals surface area contributed by atoms with E-state index in [4.69, 9.17) is 17.0 Å². The van der Waals surface area contributed by atoms with Crippen LogP contribution in [0.25, 0.3) is 0 Å². The van der Waals surface area contributed by atoms with Gasteiger partial charge in [0.1, 0.15) is 6.10 Å². The predicted molar refractivity (Wildman–Crippen MR) is 87.2 cm³/mol. The molecule has 22 heavy (non-hydrogen) atoms. The van der Waals surface area contributed by atoms with Crippen molar-refractivity contribution < 1.29 is 14.6 Å². The van der Waals surface area contributed by atoms with Crippen molar-refractivity contribution in [3.8, 4) is 0 Å². The van der Waals surface area contributed by atoms with Gasteiger partial charge >= 0.3 is 0 Å². The number of ether oxygens (including phenoxy) is 1. The smallest absolute Gasteiger partial charge is 0.219 e. The van der Waals surface area contributed by atoms with Crippen molar-refractivity contribution in [3.05, 3.63) is 35.9 Å². The lowest BCUT2D eigenvalue weighted by Crippen LogP contribution is -2.58. The van der Waals surface area contributed by atoms with Crippen LogP contribution in [0.1, 0.15) is 38.2 Å². The number of carbonyl (C=O) groups excluding carboxylic acids is 1. The van der Waals surface area contributed by atoms with Crippen LogP contribution >= 0.6 is 12.2 Å². The highest BCUT2D eigenvalue weighted by Gasteiger charge is 2.57. The average molecular weight is 319 g/mol. The van der Waals surface area contributed by atoms with E-state index >= 15 is 0 Å². The zero-order valence-corrected chi connectivity index (χ0v) is 13.4. The maximum absolute atomic E-state index is 11.5. The quantitative estimate of drug-likeness (QED) is 0.663.